The van der Waals surface area contributed by atoms with E-state index < -0.39 is 29.4 Å². The van der Waals surface area contributed by atoms with E-state index in [-0.39, 0.29) is 48.8 Å². The molecule has 2 aromatic carbocycles. The number of rotatable bonds is 5. The molecule has 2 aliphatic heterocycles. The first-order valence-corrected chi connectivity index (χ1v) is 10.8. The van der Waals surface area contributed by atoms with E-state index in [9.17, 15) is 14.0 Å². The molecule has 3 aliphatic rings. The van der Waals surface area contributed by atoms with Crippen LogP contribution in [0.4, 0.5) is 19.3 Å². The molecule has 2 aromatic rings. The van der Waals surface area contributed by atoms with Crippen molar-refractivity contribution >= 4 is 30.1 Å². The predicted octanol–water partition coefficient (Wildman–Crippen LogP) is 3.48. The van der Waals surface area contributed by atoms with E-state index in [4.69, 9.17) is 11.3 Å². The summed E-state index contributed by atoms with van der Waals surface area (Å²) < 4.78 is 35.3. The number of hydrogen-bond acceptors (Lipinski definition) is 4. The van der Waals surface area contributed by atoms with E-state index in [1.807, 2.05) is 0 Å². The summed E-state index contributed by atoms with van der Waals surface area (Å²) >= 11 is 0. The minimum absolute atomic E-state index is 0. The van der Waals surface area contributed by atoms with Crippen LogP contribution in [0.15, 0.2) is 36.4 Å². The third-order valence-electron chi connectivity index (χ3n) is 6.85. The highest BCUT2D eigenvalue weighted by molar-refractivity contribution is 5.90. The first kappa shape index (κ1) is 23.9. The quantitative estimate of drug-likeness (QED) is 0.632. The van der Waals surface area contributed by atoms with Gasteiger partial charge in [0, 0.05) is 25.6 Å². The normalized spacial score (nSPS) is 26.8. The highest BCUT2D eigenvalue weighted by Crippen LogP contribution is 2.63. The fourth-order valence-electron chi connectivity index (χ4n) is 5.15. The monoisotopic (exact) mass is 488 g/mol. The molecule has 0 aromatic heterocycles. The molecule has 2 heterocycles. The molecule has 0 spiro atoms. The number of nitrogens with zero attached hydrogens (tertiary/aromatic N) is 2. The largest absolute Gasteiger partial charge is 0.442 e. The lowest BCUT2D eigenvalue weighted by molar-refractivity contribution is -0.119. The fourth-order valence-corrected chi connectivity index (χ4v) is 5.15. The van der Waals surface area contributed by atoms with Crippen LogP contribution in [0.1, 0.15) is 12.5 Å². The van der Waals surface area contributed by atoms with Gasteiger partial charge in [-0.3, -0.25) is 9.69 Å². The van der Waals surface area contributed by atoms with Crippen LogP contribution in [0.25, 0.3) is 16.0 Å². The number of fused-ring (bicyclic) bond motifs is 1. The average molecular weight is 489 g/mol. The molecular weight excluding hydrogens is 466 g/mol. The van der Waals surface area contributed by atoms with Crippen molar-refractivity contribution in [2.75, 3.05) is 31.1 Å². The zero-order valence-electron chi connectivity index (χ0n) is 18.3. The summed E-state index contributed by atoms with van der Waals surface area (Å²) in [6.07, 6.45) is -1.15. The van der Waals surface area contributed by atoms with Gasteiger partial charge in [0.15, 0.2) is 0 Å². The van der Waals surface area contributed by atoms with Crippen molar-refractivity contribution in [2.45, 2.75) is 18.6 Å². The Labute approximate surface area is 201 Å². The summed E-state index contributed by atoms with van der Waals surface area (Å²) in [5, 5.41) is 5.81. The number of amides is 2. The predicted molar refractivity (Wildman–Crippen MR) is 123 cm³/mol. The topological polar surface area (TPSA) is 75.0 Å². The molecule has 2 N–H and O–H groups in total. The van der Waals surface area contributed by atoms with Crippen molar-refractivity contribution in [3.63, 3.8) is 0 Å². The van der Waals surface area contributed by atoms with E-state index in [0.29, 0.717) is 29.9 Å². The van der Waals surface area contributed by atoms with Crippen molar-refractivity contribution < 1.29 is 23.1 Å². The lowest BCUT2D eigenvalue weighted by Crippen LogP contribution is -2.33. The molecule has 178 valence electrons. The first-order valence-electron chi connectivity index (χ1n) is 10.8. The summed E-state index contributed by atoms with van der Waals surface area (Å²) in [6.45, 7) is 10.8. The lowest BCUT2D eigenvalue weighted by Gasteiger charge is -2.15. The summed E-state index contributed by atoms with van der Waals surface area (Å²) in [7, 11) is 0. The van der Waals surface area contributed by atoms with Gasteiger partial charge in [0.1, 0.15) is 17.7 Å². The Kier molecular flexibility index (Phi) is 6.23. The minimum Gasteiger partial charge on any atom is -0.442 e. The van der Waals surface area contributed by atoms with E-state index in [0.717, 1.165) is 0 Å². The Balaban J connectivity index is 0.00000274. The third kappa shape index (κ3) is 3.77. The number of piperidine rings is 1. The molecule has 2 amide bonds. The molecule has 5 rings (SSSR count). The van der Waals surface area contributed by atoms with Crippen molar-refractivity contribution in [2.24, 2.45) is 11.8 Å². The van der Waals surface area contributed by atoms with Gasteiger partial charge in [-0.15, -0.1) is 12.4 Å². The van der Waals surface area contributed by atoms with Crippen molar-refractivity contribution in [1.29, 1.82) is 0 Å². The second-order valence-electron chi connectivity index (χ2n) is 8.72. The molecule has 0 radical (unpaired) electrons. The van der Waals surface area contributed by atoms with Gasteiger partial charge in [-0.05, 0) is 35.9 Å². The summed E-state index contributed by atoms with van der Waals surface area (Å²) in [4.78, 5) is 28.3. The molecule has 4 atom stereocenters. The van der Waals surface area contributed by atoms with E-state index in [1.165, 1.54) is 30.0 Å². The number of halogens is 3. The minimum atomic E-state index is -0.819. The number of hydrogen-bond donors (Lipinski definition) is 2. The van der Waals surface area contributed by atoms with Gasteiger partial charge in [0.2, 0.25) is 5.91 Å². The molecule has 2 saturated heterocycles. The molecule has 1 aliphatic carbocycles. The smallest absolute Gasteiger partial charge is 0.414 e. The van der Waals surface area contributed by atoms with Crippen LogP contribution in [0.5, 0.6) is 0 Å². The van der Waals surface area contributed by atoms with Gasteiger partial charge in [0.25, 0.3) is 5.54 Å². The van der Waals surface area contributed by atoms with Crippen molar-refractivity contribution in [3.8, 4) is 11.1 Å². The second-order valence-corrected chi connectivity index (χ2v) is 8.72. The number of anilines is 1. The van der Waals surface area contributed by atoms with Gasteiger partial charge < -0.3 is 20.2 Å². The van der Waals surface area contributed by atoms with Gasteiger partial charge >= 0.3 is 6.09 Å². The zero-order valence-corrected chi connectivity index (χ0v) is 19.1. The first-order chi connectivity index (χ1) is 15.8. The zero-order chi connectivity index (χ0) is 23.3. The number of cyclic esters (lactones) is 1. The molecular formula is C24H23ClF2N4O3. The fraction of sp³-hybridized carbons (Fsp3) is 0.375. The van der Waals surface area contributed by atoms with Crippen LogP contribution in [0, 0.1) is 30.0 Å². The second kappa shape index (κ2) is 8.85. The van der Waals surface area contributed by atoms with Crippen LogP contribution in [-0.4, -0.2) is 44.3 Å². The van der Waals surface area contributed by atoms with E-state index >= 15 is 4.39 Å². The molecule has 34 heavy (non-hydrogen) atoms. The van der Waals surface area contributed by atoms with Crippen molar-refractivity contribution in [3.05, 3.63) is 65.0 Å². The summed E-state index contributed by atoms with van der Waals surface area (Å²) in [6, 6.07) is 8.78. The van der Waals surface area contributed by atoms with E-state index in [2.05, 4.69) is 15.5 Å². The van der Waals surface area contributed by atoms with Crippen molar-refractivity contribution in [1.82, 2.24) is 10.6 Å². The standard InChI is InChI=1S/C24H22F2N4O3.ClH/c1-13(31)29-9-16-12-30(23(32)33-16)15-4-5-17(21(25)8-15)14-3-6-18(22(26)7-14)24(27-2)19-10-28-11-20(19)24;/h3-8,16,19-20,28H,9-12H2,1H3,(H,29,31);1H/t16-,19-,20+,24?;/m0./s1. The Hall–Kier alpha value is -3.22. The highest BCUT2D eigenvalue weighted by atomic mass is 35.5. The van der Waals surface area contributed by atoms with Crippen LogP contribution in [0.3, 0.4) is 0 Å². The molecule has 3 fully saturated rings. The van der Waals surface area contributed by atoms with Crippen LogP contribution >= 0.6 is 12.4 Å². The number of benzene rings is 2. The highest BCUT2D eigenvalue weighted by Gasteiger charge is 2.76. The Morgan fingerprint density at radius 3 is 2.59 bits per heavy atom. The lowest BCUT2D eigenvalue weighted by atomic mass is 9.95. The van der Waals surface area contributed by atoms with Gasteiger partial charge in [-0.2, -0.15) is 0 Å². The molecule has 10 heteroatoms. The number of nitrogens with one attached hydrogen (secondary N) is 2. The molecule has 1 unspecified atom stereocenters. The SMILES string of the molecule is Cl.[C-]#[N+]C1(c2ccc(-c3ccc(N4C[C@H](CNC(C)=O)OC4=O)cc3F)cc2F)[C@@H]2CNC[C@@H]21. The van der Waals surface area contributed by atoms with Gasteiger partial charge in [0.05, 0.1) is 36.2 Å². The van der Waals surface area contributed by atoms with Crippen LogP contribution in [0.2, 0.25) is 0 Å². The Bertz CT molecular complexity index is 1190. The maximum Gasteiger partial charge on any atom is 0.414 e. The molecule has 7 nitrogen and oxygen atoms in total. The summed E-state index contributed by atoms with van der Waals surface area (Å²) in [5.41, 5.74) is 0.423. The number of carbonyl (C=O) groups excluding carboxylic acids is 2. The van der Waals surface area contributed by atoms with E-state index in [1.54, 1.807) is 18.2 Å². The van der Waals surface area contributed by atoms with Crippen LogP contribution < -0.4 is 15.5 Å². The molecule has 1 saturated carbocycles. The summed E-state index contributed by atoms with van der Waals surface area (Å²) in [5.74, 6) is -1.13. The number of ether oxygens (including phenoxy) is 1. The maximum absolute atomic E-state index is 15.1. The Morgan fingerprint density at radius 2 is 1.97 bits per heavy atom. The van der Waals surface area contributed by atoms with Gasteiger partial charge in [-0.1, -0.05) is 6.07 Å². The number of carbonyl (C=O) groups is 2. The Morgan fingerprint density at radius 1 is 1.24 bits per heavy atom. The average Bonchev–Trinajstić information content (AvgIpc) is 3.11. The molecule has 0 bridgehead atoms. The third-order valence-corrected chi connectivity index (χ3v) is 6.85. The van der Waals surface area contributed by atoms with Gasteiger partial charge in [-0.25, -0.2) is 20.1 Å². The van der Waals surface area contributed by atoms with Crippen LogP contribution in [-0.2, 0) is 15.1 Å². The maximum atomic E-state index is 15.1.